The van der Waals surface area contributed by atoms with E-state index in [1.807, 2.05) is 29.1 Å². The molecule has 0 aliphatic carbocycles. The van der Waals surface area contributed by atoms with E-state index in [0.29, 0.717) is 6.54 Å². The Morgan fingerprint density at radius 2 is 2.00 bits per heavy atom. The Bertz CT molecular complexity index is 578. The van der Waals surface area contributed by atoms with E-state index in [2.05, 4.69) is 0 Å². The molecule has 98 valence electrons. The fourth-order valence-electron chi connectivity index (χ4n) is 1.58. The Morgan fingerprint density at radius 1 is 1.26 bits per heavy atom. The maximum Gasteiger partial charge on any atom is 0.312 e. The topological polar surface area (TPSA) is 74.4 Å². The Labute approximate surface area is 109 Å². The number of carbonyl (C=O) groups is 1. The Hall–Kier alpha value is -2.63. The predicted octanol–water partition coefficient (Wildman–Crippen LogP) is 2.39. The van der Waals surface area contributed by atoms with E-state index in [0.717, 1.165) is 0 Å². The minimum absolute atomic E-state index is 0.101. The third-order valence-corrected chi connectivity index (χ3v) is 2.50. The average Bonchev–Trinajstić information content (AvgIpc) is 2.90. The van der Waals surface area contributed by atoms with Crippen molar-refractivity contribution in [1.29, 1.82) is 0 Å². The normalized spacial score (nSPS) is 10.1. The van der Waals surface area contributed by atoms with Crippen molar-refractivity contribution in [2.75, 3.05) is 0 Å². The first-order valence-corrected chi connectivity index (χ1v) is 5.71. The zero-order valence-electron chi connectivity index (χ0n) is 10.1. The van der Waals surface area contributed by atoms with Gasteiger partial charge in [-0.3, -0.25) is 14.9 Å². The number of ether oxygens (including phenoxy) is 1. The van der Waals surface area contributed by atoms with E-state index in [-0.39, 0.29) is 17.9 Å². The lowest BCUT2D eigenvalue weighted by Crippen LogP contribution is -2.11. The number of aryl methyl sites for hydroxylation is 1. The third kappa shape index (κ3) is 3.67. The fourth-order valence-corrected chi connectivity index (χ4v) is 1.58. The van der Waals surface area contributed by atoms with Crippen LogP contribution in [0.15, 0.2) is 48.8 Å². The molecule has 0 bridgehead atoms. The first-order valence-electron chi connectivity index (χ1n) is 5.71. The molecule has 0 fully saturated rings. The monoisotopic (exact) mass is 260 g/mol. The molecule has 2 aromatic rings. The minimum Gasteiger partial charge on any atom is -0.426 e. The zero-order valence-corrected chi connectivity index (χ0v) is 10.1. The molecule has 6 heteroatoms. The van der Waals surface area contributed by atoms with Gasteiger partial charge in [-0.15, -0.1) is 0 Å². The largest absolute Gasteiger partial charge is 0.426 e. The van der Waals surface area contributed by atoms with Gasteiger partial charge in [0.25, 0.3) is 5.69 Å². The van der Waals surface area contributed by atoms with E-state index in [4.69, 9.17) is 4.74 Å². The van der Waals surface area contributed by atoms with E-state index in [1.165, 1.54) is 24.3 Å². The van der Waals surface area contributed by atoms with Crippen LogP contribution in [0.2, 0.25) is 0 Å². The van der Waals surface area contributed by atoms with Crippen LogP contribution >= 0.6 is 0 Å². The molecule has 2 rings (SSSR count). The molecule has 6 nitrogen and oxygen atoms in total. The van der Waals surface area contributed by atoms with Gasteiger partial charge < -0.3 is 9.30 Å². The highest BCUT2D eigenvalue weighted by molar-refractivity contribution is 5.72. The van der Waals surface area contributed by atoms with Crippen molar-refractivity contribution in [3.05, 3.63) is 58.9 Å². The number of hydrogen-bond donors (Lipinski definition) is 0. The second-order valence-electron chi connectivity index (χ2n) is 3.90. The Kier molecular flexibility index (Phi) is 3.92. The van der Waals surface area contributed by atoms with Gasteiger partial charge in [0.15, 0.2) is 0 Å². The van der Waals surface area contributed by atoms with E-state index in [1.54, 1.807) is 0 Å². The van der Waals surface area contributed by atoms with Crippen LogP contribution in [0.1, 0.15) is 6.42 Å². The number of carbonyl (C=O) groups excluding carboxylic acids is 1. The van der Waals surface area contributed by atoms with Gasteiger partial charge in [0, 0.05) is 25.0 Å². The molecule has 0 spiro atoms. The maximum absolute atomic E-state index is 11.6. The summed E-state index contributed by atoms with van der Waals surface area (Å²) in [7, 11) is 0. The average molecular weight is 260 g/mol. The second-order valence-corrected chi connectivity index (χ2v) is 3.90. The zero-order chi connectivity index (χ0) is 13.7. The third-order valence-electron chi connectivity index (χ3n) is 2.50. The second kappa shape index (κ2) is 5.81. The summed E-state index contributed by atoms with van der Waals surface area (Å²) >= 11 is 0. The van der Waals surface area contributed by atoms with E-state index >= 15 is 0 Å². The van der Waals surface area contributed by atoms with E-state index in [9.17, 15) is 14.9 Å². The summed E-state index contributed by atoms with van der Waals surface area (Å²) in [5, 5.41) is 10.6. The van der Waals surface area contributed by atoms with Gasteiger partial charge in [-0.1, -0.05) is 6.07 Å². The molecule has 0 unspecified atom stereocenters. The highest BCUT2D eigenvalue weighted by atomic mass is 16.6. The SMILES string of the molecule is O=C(CCn1cccc1)Oc1cccc([N+](=O)[O-])c1. The summed E-state index contributed by atoms with van der Waals surface area (Å²) in [6, 6.07) is 9.30. The Morgan fingerprint density at radius 3 is 2.68 bits per heavy atom. The van der Waals surface area contributed by atoms with Crippen LogP contribution in [-0.2, 0) is 11.3 Å². The van der Waals surface area contributed by atoms with Crippen molar-refractivity contribution in [1.82, 2.24) is 4.57 Å². The molecule has 19 heavy (non-hydrogen) atoms. The number of rotatable bonds is 5. The quantitative estimate of drug-likeness (QED) is 0.358. The molecule has 0 saturated carbocycles. The first kappa shape index (κ1) is 12.8. The summed E-state index contributed by atoms with van der Waals surface area (Å²) in [6.07, 6.45) is 3.90. The number of nitrogens with zero attached hydrogens (tertiary/aromatic N) is 2. The summed E-state index contributed by atoms with van der Waals surface area (Å²) in [4.78, 5) is 21.6. The van der Waals surface area contributed by atoms with Crippen LogP contribution < -0.4 is 4.74 Å². The lowest BCUT2D eigenvalue weighted by molar-refractivity contribution is -0.384. The van der Waals surface area contributed by atoms with Crippen LogP contribution in [0, 0.1) is 10.1 Å². The van der Waals surface area contributed by atoms with Gasteiger partial charge in [-0.05, 0) is 18.2 Å². The van der Waals surface area contributed by atoms with Gasteiger partial charge in [0.05, 0.1) is 17.4 Å². The highest BCUT2D eigenvalue weighted by Crippen LogP contribution is 2.19. The van der Waals surface area contributed by atoms with Gasteiger partial charge in [0.2, 0.25) is 0 Å². The molecule has 0 amide bonds. The van der Waals surface area contributed by atoms with Crippen molar-refractivity contribution in [2.45, 2.75) is 13.0 Å². The molecule has 0 N–H and O–H groups in total. The molecule has 0 radical (unpaired) electrons. The maximum atomic E-state index is 11.6. The number of esters is 1. The number of aromatic nitrogens is 1. The van der Waals surface area contributed by atoms with Gasteiger partial charge >= 0.3 is 5.97 Å². The van der Waals surface area contributed by atoms with Crippen molar-refractivity contribution < 1.29 is 14.5 Å². The highest BCUT2D eigenvalue weighted by Gasteiger charge is 2.09. The van der Waals surface area contributed by atoms with Crippen LogP contribution in [0.4, 0.5) is 5.69 Å². The summed E-state index contributed by atoms with van der Waals surface area (Å²) < 4.78 is 6.90. The summed E-state index contributed by atoms with van der Waals surface area (Å²) in [5.74, 6) is -0.235. The van der Waals surface area contributed by atoms with Crippen molar-refractivity contribution in [3.8, 4) is 5.75 Å². The molecular formula is C13H12N2O4. The van der Waals surface area contributed by atoms with Crippen molar-refractivity contribution in [3.63, 3.8) is 0 Å². The fraction of sp³-hybridized carbons (Fsp3) is 0.154. The molecule has 0 saturated heterocycles. The number of nitro groups is 1. The van der Waals surface area contributed by atoms with Gasteiger partial charge in [-0.2, -0.15) is 0 Å². The van der Waals surface area contributed by atoms with Crippen molar-refractivity contribution >= 4 is 11.7 Å². The number of nitro benzene ring substituents is 1. The minimum atomic E-state index is -0.531. The first-order chi connectivity index (χ1) is 9.15. The van der Waals surface area contributed by atoms with Crippen LogP contribution in [0.5, 0.6) is 5.75 Å². The molecule has 0 aliphatic rings. The smallest absolute Gasteiger partial charge is 0.312 e. The molecule has 1 heterocycles. The van der Waals surface area contributed by atoms with Gasteiger partial charge in [0.1, 0.15) is 5.75 Å². The molecule has 1 aromatic carbocycles. The number of hydrogen-bond acceptors (Lipinski definition) is 4. The summed E-state index contributed by atoms with van der Waals surface area (Å²) in [6.45, 7) is 0.515. The van der Waals surface area contributed by atoms with Crippen LogP contribution in [0.3, 0.4) is 0 Å². The Balaban J connectivity index is 1.91. The van der Waals surface area contributed by atoms with E-state index < -0.39 is 10.9 Å². The lowest BCUT2D eigenvalue weighted by atomic mass is 10.3. The number of benzene rings is 1. The molecule has 0 aliphatic heterocycles. The van der Waals surface area contributed by atoms with Crippen LogP contribution in [0.25, 0.3) is 0 Å². The summed E-state index contributed by atoms with van der Waals surface area (Å²) in [5.41, 5.74) is -0.101. The molecule has 0 atom stereocenters. The molecular weight excluding hydrogens is 248 g/mol. The standard InChI is InChI=1S/C13H12N2O4/c16-13(6-9-14-7-1-2-8-14)19-12-5-3-4-11(10-12)15(17)18/h1-5,7-8,10H,6,9H2. The number of non-ortho nitro benzene ring substituents is 1. The predicted molar refractivity (Wildman–Crippen MR) is 67.8 cm³/mol. The molecule has 1 aromatic heterocycles. The van der Waals surface area contributed by atoms with Gasteiger partial charge in [-0.25, -0.2) is 0 Å². The van der Waals surface area contributed by atoms with Crippen molar-refractivity contribution in [2.24, 2.45) is 0 Å². The lowest BCUT2D eigenvalue weighted by Gasteiger charge is -2.05. The van der Waals surface area contributed by atoms with Crippen LogP contribution in [-0.4, -0.2) is 15.5 Å².